The Labute approximate surface area is 108 Å². The van der Waals surface area contributed by atoms with Crippen LogP contribution in [0.2, 0.25) is 0 Å². The predicted octanol–water partition coefficient (Wildman–Crippen LogP) is 3.41. The Kier molecular flexibility index (Phi) is 3.35. The minimum absolute atomic E-state index is 0.114. The largest absolute Gasteiger partial charge is 0.490 e. The van der Waals surface area contributed by atoms with Crippen LogP contribution in [0.25, 0.3) is 0 Å². The molecule has 1 heterocycles. The summed E-state index contributed by atoms with van der Waals surface area (Å²) in [5.41, 5.74) is -1.52. The highest BCUT2D eigenvalue weighted by Gasteiger charge is 2.52. The Morgan fingerprint density at radius 3 is 2.17 bits per heavy atom. The van der Waals surface area contributed by atoms with Crippen LogP contribution in [0.1, 0.15) is 47.0 Å². The van der Waals surface area contributed by atoms with Gasteiger partial charge in [0, 0.05) is 6.42 Å². The molecule has 1 atom stereocenters. The van der Waals surface area contributed by atoms with E-state index in [9.17, 15) is 8.78 Å². The second-order valence-electron chi connectivity index (χ2n) is 6.36. The van der Waals surface area contributed by atoms with Gasteiger partial charge in [-0.1, -0.05) is 6.08 Å². The Morgan fingerprint density at radius 2 is 1.78 bits per heavy atom. The van der Waals surface area contributed by atoms with Crippen LogP contribution in [0.5, 0.6) is 0 Å². The summed E-state index contributed by atoms with van der Waals surface area (Å²) in [7, 11) is -0.417. The van der Waals surface area contributed by atoms with Crippen LogP contribution in [0.3, 0.4) is 0 Å². The summed E-state index contributed by atoms with van der Waals surface area (Å²) in [5, 5.41) is 0. The normalized spacial score (nSPS) is 34.6. The van der Waals surface area contributed by atoms with Crippen molar-refractivity contribution in [1.82, 2.24) is 0 Å². The van der Waals surface area contributed by atoms with E-state index in [1.165, 1.54) is 0 Å². The van der Waals surface area contributed by atoms with E-state index in [-0.39, 0.29) is 24.0 Å². The molecule has 2 aliphatic rings. The Bertz CT molecular complexity index is 352. The topological polar surface area (TPSA) is 18.5 Å². The third kappa shape index (κ3) is 2.35. The Morgan fingerprint density at radius 1 is 1.22 bits per heavy atom. The van der Waals surface area contributed by atoms with Crippen LogP contribution < -0.4 is 0 Å². The summed E-state index contributed by atoms with van der Waals surface area (Å²) < 4.78 is 38.1. The average molecular weight is 258 g/mol. The second kappa shape index (κ2) is 4.31. The van der Waals surface area contributed by atoms with Crippen molar-refractivity contribution in [3.8, 4) is 0 Å². The molecule has 0 radical (unpaired) electrons. The van der Waals surface area contributed by atoms with Crippen molar-refractivity contribution in [2.75, 3.05) is 6.67 Å². The van der Waals surface area contributed by atoms with Crippen molar-refractivity contribution in [2.24, 2.45) is 0 Å². The van der Waals surface area contributed by atoms with E-state index >= 15 is 0 Å². The molecule has 0 aromatic heterocycles. The molecular formula is C13H21BF2O2. The standard InChI is InChI=1S/C13H21BF2O2/c1-11(2)12(3,4)18-14(17-11)10-5-7-13(16,9-15)8-6-10/h5H,6-9H2,1-4H3. The molecular weight excluding hydrogens is 237 g/mol. The zero-order chi connectivity index (χ0) is 13.6. The molecule has 0 N–H and O–H groups in total. The summed E-state index contributed by atoms with van der Waals surface area (Å²) in [6, 6.07) is 0. The number of halogens is 2. The minimum Gasteiger partial charge on any atom is -0.400 e. The lowest BCUT2D eigenvalue weighted by atomic mass is 9.70. The first-order valence-electron chi connectivity index (χ1n) is 6.49. The maximum atomic E-state index is 13.8. The maximum Gasteiger partial charge on any atom is 0.490 e. The highest BCUT2D eigenvalue weighted by molar-refractivity contribution is 6.54. The number of allylic oxidation sites excluding steroid dienone is 2. The minimum atomic E-state index is -1.69. The summed E-state index contributed by atoms with van der Waals surface area (Å²) in [5.74, 6) is 0. The Balaban J connectivity index is 2.08. The van der Waals surface area contributed by atoms with E-state index in [0.717, 1.165) is 5.47 Å². The van der Waals surface area contributed by atoms with Gasteiger partial charge in [-0.15, -0.1) is 0 Å². The van der Waals surface area contributed by atoms with Crippen molar-refractivity contribution in [2.45, 2.75) is 63.8 Å². The van der Waals surface area contributed by atoms with Crippen LogP contribution >= 0.6 is 0 Å². The van der Waals surface area contributed by atoms with Crippen molar-refractivity contribution in [3.05, 3.63) is 11.5 Å². The molecule has 1 aliphatic carbocycles. The quantitative estimate of drug-likeness (QED) is 0.706. The zero-order valence-corrected chi connectivity index (χ0v) is 11.6. The third-order valence-electron chi connectivity index (χ3n) is 4.39. The van der Waals surface area contributed by atoms with Crippen molar-refractivity contribution in [3.63, 3.8) is 0 Å². The predicted molar refractivity (Wildman–Crippen MR) is 67.8 cm³/mol. The van der Waals surface area contributed by atoms with E-state index < -0.39 is 19.5 Å². The molecule has 0 saturated carbocycles. The number of alkyl halides is 2. The summed E-state index contributed by atoms with van der Waals surface area (Å²) in [6.07, 6.45) is 2.56. The molecule has 18 heavy (non-hydrogen) atoms. The van der Waals surface area contributed by atoms with Crippen LogP contribution in [0.4, 0.5) is 8.78 Å². The zero-order valence-electron chi connectivity index (χ0n) is 11.6. The summed E-state index contributed by atoms with van der Waals surface area (Å²) in [6.45, 7) is 7.02. The molecule has 102 valence electrons. The van der Waals surface area contributed by atoms with Gasteiger partial charge >= 0.3 is 7.12 Å². The van der Waals surface area contributed by atoms with Gasteiger partial charge in [-0.3, -0.25) is 0 Å². The van der Waals surface area contributed by atoms with E-state index in [2.05, 4.69) is 0 Å². The highest BCUT2D eigenvalue weighted by Crippen LogP contribution is 2.41. The highest BCUT2D eigenvalue weighted by atomic mass is 19.2. The van der Waals surface area contributed by atoms with E-state index in [1.807, 2.05) is 27.7 Å². The smallest absolute Gasteiger partial charge is 0.400 e. The number of rotatable bonds is 2. The summed E-state index contributed by atoms with van der Waals surface area (Å²) in [4.78, 5) is 0. The third-order valence-corrected chi connectivity index (χ3v) is 4.39. The molecule has 2 rings (SSSR count). The lowest BCUT2D eigenvalue weighted by Gasteiger charge is -2.32. The Hall–Kier alpha value is -0.415. The van der Waals surface area contributed by atoms with E-state index in [0.29, 0.717) is 6.42 Å². The lowest BCUT2D eigenvalue weighted by molar-refractivity contribution is 0.00578. The molecule has 1 saturated heterocycles. The number of hydrogen-bond donors (Lipinski definition) is 0. The van der Waals surface area contributed by atoms with Gasteiger partial charge in [0.05, 0.1) is 11.2 Å². The molecule has 5 heteroatoms. The molecule has 1 aliphatic heterocycles. The average Bonchev–Trinajstić information content (AvgIpc) is 2.49. The van der Waals surface area contributed by atoms with E-state index in [1.54, 1.807) is 6.08 Å². The number of hydrogen-bond acceptors (Lipinski definition) is 2. The van der Waals surface area contributed by atoms with Crippen molar-refractivity contribution < 1.29 is 18.1 Å². The van der Waals surface area contributed by atoms with Gasteiger partial charge < -0.3 is 9.31 Å². The fourth-order valence-electron chi connectivity index (χ4n) is 2.22. The molecule has 1 unspecified atom stereocenters. The lowest BCUT2D eigenvalue weighted by Crippen LogP contribution is -2.41. The molecule has 0 aromatic rings. The van der Waals surface area contributed by atoms with Gasteiger partial charge in [0.25, 0.3) is 0 Å². The molecule has 0 amide bonds. The van der Waals surface area contributed by atoms with Crippen LogP contribution in [0, 0.1) is 0 Å². The van der Waals surface area contributed by atoms with Crippen LogP contribution in [0.15, 0.2) is 11.5 Å². The molecule has 0 spiro atoms. The van der Waals surface area contributed by atoms with E-state index in [4.69, 9.17) is 9.31 Å². The van der Waals surface area contributed by atoms with Gasteiger partial charge in [0.15, 0.2) is 0 Å². The van der Waals surface area contributed by atoms with Crippen LogP contribution in [-0.4, -0.2) is 30.7 Å². The second-order valence-corrected chi connectivity index (χ2v) is 6.36. The molecule has 2 nitrogen and oxygen atoms in total. The first-order chi connectivity index (χ1) is 8.19. The molecule has 0 bridgehead atoms. The van der Waals surface area contributed by atoms with Gasteiger partial charge in [-0.05, 0) is 46.0 Å². The van der Waals surface area contributed by atoms with Crippen molar-refractivity contribution >= 4 is 7.12 Å². The monoisotopic (exact) mass is 258 g/mol. The fourth-order valence-corrected chi connectivity index (χ4v) is 2.22. The van der Waals surface area contributed by atoms with Crippen LogP contribution in [-0.2, 0) is 9.31 Å². The summed E-state index contributed by atoms with van der Waals surface area (Å²) >= 11 is 0. The van der Waals surface area contributed by atoms with Gasteiger partial charge in [-0.2, -0.15) is 0 Å². The van der Waals surface area contributed by atoms with Gasteiger partial charge in [0.2, 0.25) is 0 Å². The van der Waals surface area contributed by atoms with Gasteiger partial charge in [-0.25, -0.2) is 8.78 Å². The first kappa shape index (κ1) is 14.0. The first-order valence-corrected chi connectivity index (χ1v) is 6.49. The fraction of sp³-hybridized carbons (Fsp3) is 0.846. The molecule has 0 aromatic carbocycles. The SMILES string of the molecule is CC1(C)OB(C2=CCC(F)(CF)CC2)OC1(C)C. The molecule has 1 fully saturated rings. The van der Waals surface area contributed by atoms with Gasteiger partial charge in [0.1, 0.15) is 12.3 Å². The maximum absolute atomic E-state index is 13.8. The van der Waals surface area contributed by atoms with Crippen molar-refractivity contribution in [1.29, 1.82) is 0 Å².